The summed E-state index contributed by atoms with van der Waals surface area (Å²) in [5.41, 5.74) is 3.09. The van der Waals surface area contributed by atoms with E-state index in [0.717, 1.165) is 42.6 Å². The molecule has 1 aliphatic carbocycles. The van der Waals surface area contributed by atoms with Crippen molar-refractivity contribution in [2.24, 2.45) is 5.92 Å². The van der Waals surface area contributed by atoms with E-state index in [1.807, 2.05) is 19.1 Å². The standard InChI is InChI=1S/C20H23N9/c1-13-8-24-19(11-22-13)26-15-4-5-16(23-9-15)17-10-25-20(28-27-17)29-7-6-21-18(12-29)14-2-3-14/h4-5,8-11,14,18,21H,2-3,6-7,12H2,1H3,(H,24,26)/t18-/m1/s1. The predicted octanol–water partition coefficient (Wildman–Crippen LogP) is 1.96. The fourth-order valence-corrected chi connectivity index (χ4v) is 3.53. The van der Waals surface area contributed by atoms with Gasteiger partial charge >= 0.3 is 0 Å². The van der Waals surface area contributed by atoms with E-state index < -0.39 is 0 Å². The van der Waals surface area contributed by atoms with Crippen LogP contribution in [0.15, 0.2) is 36.9 Å². The van der Waals surface area contributed by atoms with Gasteiger partial charge in [-0.2, -0.15) is 0 Å². The van der Waals surface area contributed by atoms with Crippen LogP contribution in [0.3, 0.4) is 0 Å². The minimum absolute atomic E-state index is 0.548. The largest absolute Gasteiger partial charge is 0.338 e. The van der Waals surface area contributed by atoms with Crippen LogP contribution in [0.25, 0.3) is 11.4 Å². The Labute approximate surface area is 169 Å². The highest BCUT2D eigenvalue weighted by atomic mass is 15.3. The van der Waals surface area contributed by atoms with Crippen LogP contribution in [0.2, 0.25) is 0 Å². The Hall–Kier alpha value is -3.20. The van der Waals surface area contributed by atoms with Crippen molar-refractivity contribution in [3.8, 4) is 11.4 Å². The van der Waals surface area contributed by atoms with Crippen molar-refractivity contribution in [1.29, 1.82) is 0 Å². The van der Waals surface area contributed by atoms with Gasteiger partial charge in [0.2, 0.25) is 5.95 Å². The molecule has 2 N–H and O–H groups in total. The fraction of sp³-hybridized carbons (Fsp3) is 0.400. The second-order valence-electron chi connectivity index (χ2n) is 7.59. The van der Waals surface area contributed by atoms with Crippen LogP contribution in [0.1, 0.15) is 18.5 Å². The van der Waals surface area contributed by atoms with Gasteiger partial charge in [-0.3, -0.25) is 9.97 Å². The number of hydrogen-bond donors (Lipinski definition) is 2. The summed E-state index contributed by atoms with van der Waals surface area (Å²) in [7, 11) is 0. The Morgan fingerprint density at radius 2 is 1.90 bits per heavy atom. The Morgan fingerprint density at radius 1 is 0.966 bits per heavy atom. The van der Waals surface area contributed by atoms with E-state index in [1.54, 1.807) is 24.8 Å². The Balaban J connectivity index is 1.25. The van der Waals surface area contributed by atoms with Gasteiger partial charge in [-0.05, 0) is 37.8 Å². The van der Waals surface area contributed by atoms with Crippen molar-refractivity contribution >= 4 is 17.5 Å². The third kappa shape index (κ3) is 4.14. The predicted molar refractivity (Wildman–Crippen MR) is 110 cm³/mol. The summed E-state index contributed by atoms with van der Waals surface area (Å²) >= 11 is 0. The first-order chi connectivity index (χ1) is 14.2. The molecule has 0 amide bonds. The number of nitrogens with zero attached hydrogens (tertiary/aromatic N) is 7. The molecule has 1 atom stereocenters. The lowest BCUT2D eigenvalue weighted by Gasteiger charge is -2.33. The van der Waals surface area contributed by atoms with Crippen molar-refractivity contribution in [1.82, 2.24) is 35.5 Å². The van der Waals surface area contributed by atoms with E-state index in [9.17, 15) is 0 Å². The number of nitrogens with one attached hydrogen (secondary N) is 2. The summed E-state index contributed by atoms with van der Waals surface area (Å²) in [6.45, 7) is 4.73. The van der Waals surface area contributed by atoms with Crippen molar-refractivity contribution in [2.45, 2.75) is 25.8 Å². The van der Waals surface area contributed by atoms with Crippen molar-refractivity contribution in [3.05, 3.63) is 42.6 Å². The molecule has 0 bridgehead atoms. The normalized spacial score (nSPS) is 19.2. The van der Waals surface area contributed by atoms with Crippen molar-refractivity contribution in [3.63, 3.8) is 0 Å². The molecule has 4 heterocycles. The van der Waals surface area contributed by atoms with Crippen LogP contribution in [0.5, 0.6) is 0 Å². The lowest BCUT2D eigenvalue weighted by molar-refractivity contribution is 0.414. The minimum Gasteiger partial charge on any atom is -0.338 e. The second kappa shape index (κ2) is 7.67. The first-order valence-electron chi connectivity index (χ1n) is 9.95. The van der Waals surface area contributed by atoms with E-state index in [2.05, 4.69) is 45.7 Å². The zero-order valence-corrected chi connectivity index (χ0v) is 16.3. The first-order valence-corrected chi connectivity index (χ1v) is 9.95. The van der Waals surface area contributed by atoms with Crippen LogP contribution in [-0.2, 0) is 0 Å². The molecule has 0 radical (unpaired) electrons. The SMILES string of the molecule is Cc1cnc(Nc2ccc(-c3cnc(N4CCN[C@@H](C5CC5)C4)nn3)nc2)cn1. The molecule has 1 saturated heterocycles. The molecule has 3 aromatic heterocycles. The van der Waals surface area contributed by atoms with Gasteiger partial charge in [0.25, 0.3) is 0 Å². The monoisotopic (exact) mass is 389 g/mol. The van der Waals surface area contributed by atoms with E-state index in [0.29, 0.717) is 23.5 Å². The highest BCUT2D eigenvalue weighted by molar-refractivity contribution is 5.59. The molecule has 29 heavy (non-hydrogen) atoms. The maximum Gasteiger partial charge on any atom is 0.245 e. The Kier molecular flexibility index (Phi) is 4.73. The van der Waals surface area contributed by atoms with Crippen LogP contribution in [0, 0.1) is 12.8 Å². The molecule has 9 nitrogen and oxygen atoms in total. The highest BCUT2D eigenvalue weighted by Crippen LogP contribution is 2.34. The maximum absolute atomic E-state index is 4.54. The molecule has 3 aromatic rings. The van der Waals surface area contributed by atoms with Crippen LogP contribution in [0.4, 0.5) is 17.5 Å². The fourth-order valence-electron chi connectivity index (χ4n) is 3.53. The summed E-state index contributed by atoms with van der Waals surface area (Å²) in [6.07, 6.45) is 9.56. The zero-order chi connectivity index (χ0) is 19.6. The van der Waals surface area contributed by atoms with Crippen LogP contribution < -0.4 is 15.5 Å². The molecule has 2 fully saturated rings. The van der Waals surface area contributed by atoms with Gasteiger partial charge in [0, 0.05) is 25.7 Å². The molecule has 1 saturated carbocycles. The summed E-state index contributed by atoms with van der Waals surface area (Å²) in [5.74, 6) is 2.18. The molecule has 5 rings (SSSR count). The van der Waals surface area contributed by atoms with E-state index in [4.69, 9.17) is 0 Å². The molecule has 0 unspecified atom stereocenters. The van der Waals surface area contributed by atoms with Gasteiger partial charge in [-0.1, -0.05) is 0 Å². The molecule has 0 aromatic carbocycles. The lowest BCUT2D eigenvalue weighted by Crippen LogP contribution is -2.52. The van der Waals surface area contributed by atoms with Gasteiger partial charge < -0.3 is 15.5 Å². The number of pyridine rings is 1. The van der Waals surface area contributed by atoms with Gasteiger partial charge in [0.05, 0.1) is 41.9 Å². The third-order valence-corrected chi connectivity index (χ3v) is 5.31. The molecule has 9 heteroatoms. The van der Waals surface area contributed by atoms with Gasteiger partial charge in [-0.25, -0.2) is 9.97 Å². The van der Waals surface area contributed by atoms with Crippen molar-refractivity contribution in [2.75, 3.05) is 29.9 Å². The molecule has 2 aliphatic rings. The minimum atomic E-state index is 0.548. The maximum atomic E-state index is 4.54. The average molecular weight is 389 g/mol. The Bertz CT molecular complexity index is 953. The molecular weight excluding hydrogens is 366 g/mol. The first kappa shape index (κ1) is 17.9. The highest BCUT2D eigenvalue weighted by Gasteiger charge is 2.34. The van der Waals surface area contributed by atoms with Gasteiger partial charge in [0.15, 0.2) is 0 Å². The van der Waals surface area contributed by atoms with Gasteiger partial charge in [0.1, 0.15) is 11.5 Å². The number of piperazine rings is 1. The number of aromatic nitrogens is 6. The molecule has 0 spiro atoms. The number of hydrogen-bond acceptors (Lipinski definition) is 9. The molecule has 148 valence electrons. The third-order valence-electron chi connectivity index (χ3n) is 5.31. The summed E-state index contributed by atoms with van der Waals surface area (Å²) in [6, 6.07) is 4.37. The van der Waals surface area contributed by atoms with E-state index in [1.165, 1.54) is 12.8 Å². The zero-order valence-electron chi connectivity index (χ0n) is 16.3. The quantitative estimate of drug-likeness (QED) is 0.677. The smallest absolute Gasteiger partial charge is 0.245 e. The van der Waals surface area contributed by atoms with Crippen molar-refractivity contribution < 1.29 is 0 Å². The Morgan fingerprint density at radius 3 is 2.59 bits per heavy atom. The number of aryl methyl sites for hydroxylation is 1. The lowest BCUT2D eigenvalue weighted by atomic mass is 10.1. The molecule has 1 aliphatic heterocycles. The summed E-state index contributed by atoms with van der Waals surface area (Å²) in [5, 5.41) is 15.5. The van der Waals surface area contributed by atoms with Gasteiger partial charge in [-0.15, -0.1) is 10.2 Å². The molecular formula is C20H23N9. The number of rotatable bonds is 5. The summed E-state index contributed by atoms with van der Waals surface area (Å²) in [4.78, 5) is 19.7. The topological polar surface area (TPSA) is 105 Å². The van der Waals surface area contributed by atoms with Crippen LogP contribution in [-0.4, -0.2) is 55.8 Å². The number of anilines is 3. The summed E-state index contributed by atoms with van der Waals surface area (Å²) < 4.78 is 0. The van der Waals surface area contributed by atoms with Crippen LogP contribution >= 0.6 is 0 Å². The second-order valence-corrected chi connectivity index (χ2v) is 7.59. The van der Waals surface area contributed by atoms with E-state index >= 15 is 0 Å². The van der Waals surface area contributed by atoms with E-state index in [-0.39, 0.29) is 0 Å². The average Bonchev–Trinajstić information content (AvgIpc) is 3.62.